The zero-order chi connectivity index (χ0) is 16.1. The molecule has 3 heterocycles. The molecule has 1 amide bonds. The van der Waals surface area contributed by atoms with Gasteiger partial charge in [-0.25, -0.2) is 4.98 Å². The van der Waals surface area contributed by atoms with E-state index in [9.17, 15) is 4.79 Å². The number of aliphatic hydroxyl groups excluding tert-OH is 1. The summed E-state index contributed by atoms with van der Waals surface area (Å²) in [5, 5.41) is 11.7. The summed E-state index contributed by atoms with van der Waals surface area (Å²) in [6, 6.07) is 6.72. The molecule has 3 rings (SSSR count). The minimum absolute atomic E-state index is 0.0753. The molecule has 1 fully saturated rings. The standard InChI is InChI=1S/C16H18N2O5/c19-9-12-4-3-11(22-12)8-18-15(20)14-2-1-6-17-16(14)23-13-5-7-21-10-13/h1-4,6,13,19H,5,7-10H2,(H,18,20). The average Bonchev–Trinajstić information content (AvgIpc) is 3.24. The molecular weight excluding hydrogens is 300 g/mol. The van der Waals surface area contributed by atoms with Crippen molar-refractivity contribution in [3.8, 4) is 5.88 Å². The highest BCUT2D eigenvalue weighted by atomic mass is 16.5. The van der Waals surface area contributed by atoms with Crippen LogP contribution in [0.25, 0.3) is 0 Å². The van der Waals surface area contributed by atoms with E-state index in [0.717, 1.165) is 6.42 Å². The van der Waals surface area contributed by atoms with Crippen molar-refractivity contribution in [1.29, 1.82) is 0 Å². The van der Waals surface area contributed by atoms with Gasteiger partial charge in [-0.1, -0.05) is 0 Å². The first-order chi connectivity index (χ1) is 11.3. The highest BCUT2D eigenvalue weighted by Crippen LogP contribution is 2.19. The lowest BCUT2D eigenvalue weighted by Crippen LogP contribution is -2.25. The van der Waals surface area contributed by atoms with Crippen LogP contribution in [0.2, 0.25) is 0 Å². The van der Waals surface area contributed by atoms with Crippen LogP contribution >= 0.6 is 0 Å². The molecule has 1 aliphatic heterocycles. The highest BCUT2D eigenvalue weighted by Gasteiger charge is 2.21. The predicted octanol–water partition coefficient (Wildman–Crippen LogP) is 1.26. The van der Waals surface area contributed by atoms with Crippen molar-refractivity contribution in [2.75, 3.05) is 13.2 Å². The first-order valence-corrected chi connectivity index (χ1v) is 7.42. The lowest BCUT2D eigenvalue weighted by Gasteiger charge is -2.13. The van der Waals surface area contributed by atoms with E-state index in [1.54, 1.807) is 30.5 Å². The number of pyridine rings is 1. The highest BCUT2D eigenvalue weighted by molar-refractivity contribution is 5.96. The second kappa shape index (κ2) is 7.26. The molecule has 0 spiro atoms. The zero-order valence-corrected chi connectivity index (χ0v) is 12.5. The second-order valence-electron chi connectivity index (χ2n) is 5.17. The molecule has 1 saturated heterocycles. The molecule has 7 heteroatoms. The van der Waals surface area contributed by atoms with Crippen LogP contribution in [0.3, 0.4) is 0 Å². The summed E-state index contributed by atoms with van der Waals surface area (Å²) in [5.74, 6) is 1.03. The van der Waals surface area contributed by atoms with Crippen LogP contribution in [0.5, 0.6) is 5.88 Å². The number of ether oxygens (including phenoxy) is 2. The molecule has 7 nitrogen and oxygen atoms in total. The van der Waals surface area contributed by atoms with Crippen LogP contribution in [0.15, 0.2) is 34.9 Å². The van der Waals surface area contributed by atoms with E-state index in [1.807, 2.05) is 0 Å². The van der Waals surface area contributed by atoms with Gasteiger partial charge < -0.3 is 24.3 Å². The summed E-state index contributed by atoms with van der Waals surface area (Å²) in [7, 11) is 0. The van der Waals surface area contributed by atoms with Gasteiger partial charge in [0.25, 0.3) is 5.91 Å². The molecule has 0 bridgehead atoms. The third-order valence-electron chi connectivity index (χ3n) is 3.48. The van der Waals surface area contributed by atoms with Crippen molar-refractivity contribution in [2.45, 2.75) is 25.7 Å². The molecule has 122 valence electrons. The number of rotatable bonds is 6. The molecule has 1 aliphatic rings. The summed E-state index contributed by atoms with van der Waals surface area (Å²) in [6.45, 7) is 1.22. The van der Waals surface area contributed by atoms with Crippen molar-refractivity contribution in [3.63, 3.8) is 0 Å². The number of furan rings is 1. The molecule has 0 radical (unpaired) electrons. The van der Waals surface area contributed by atoms with Crippen molar-refractivity contribution in [3.05, 3.63) is 47.5 Å². The van der Waals surface area contributed by atoms with Gasteiger partial charge in [-0.15, -0.1) is 0 Å². The van der Waals surface area contributed by atoms with Gasteiger partial charge in [0.05, 0.1) is 19.8 Å². The summed E-state index contributed by atoms with van der Waals surface area (Å²) in [6.07, 6.45) is 2.30. The zero-order valence-electron chi connectivity index (χ0n) is 12.5. The third kappa shape index (κ3) is 3.88. The van der Waals surface area contributed by atoms with Crippen molar-refractivity contribution < 1.29 is 23.8 Å². The number of nitrogens with one attached hydrogen (secondary N) is 1. The van der Waals surface area contributed by atoms with E-state index >= 15 is 0 Å². The van der Waals surface area contributed by atoms with Gasteiger partial charge in [0, 0.05) is 12.6 Å². The number of hydrogen-bond donors (Lipinski definition) is 2. The monoisotopic (exact) mass is 318 g/mol. The number of carbonyl (C=O) groups is 1. The largest absolute Gasteiger partial charge is 0.471 e. The number of nitrogens with zero attached hydrogens (tertiary/aromatic N) is 1. The van der Waals surface area contributed by atoms with Crippen LogP contribution in [0, 0.1) is 0 Å². The number of aromatic nitrogens is 1. The van der Waals surface area contributed by atoms with Crippen LogP contribution in [-0.4, -0.2) is 35.3 Å². The Bertz CT molecular complexity index is 664. The Morgan fingerprint density at radius 1 is 1.39 bits per heavy atom. The number of amides is 1. The van der Waals surface area contributed by atoms with Gasteiger partial charge in [-0.2, -0.15) is 0 Å². The SMILES string of the molecule is O=C(NCc1ccc(CO)o1)c1cccnc1OC1CCOC1. The summed E-state index contributed by atoms with van der Waals surface area (Å²) in [5.41, 5.74) is 0.369. The van der Waals surface area contributed by atoms with E-state index < -0.39 is 0 Å². The Morgan fingerprint density at radius 2 is 2.26 bits per heavy atom. The quantitative estimate of drug-likeness (QED) is 0.833. The maximum atomic E-state index is 12.3. The number of hydrogen-bond acceptors (Lipinski definition) is 6. The maximum Gasteiger partial charge on any atom is 0.257 e. The van der Waals surface area contributed by atoms with Gasteiger partial charge >= 0.3 is 0 Å². The van der Waals surface area contributed by atoms with E-state index in [4.69, 9.17) is 19.0 Å². The fraction of sp³-hybridized carbons (Fsp3) is 0.375. The smallest absolute Gasteiger partial charge is 0.257 e. The average molecular weight is 318 g/mol. The lowest BCUT2D eigenvalue weighted by atomic mass is 10.2. The molecule has 2 aromatic heterocycles. The third-order valence-corrected chi connectivity index (χ3v) is 3.48. The summed E-state index contributed by atoms with van der Waals surface area (Å²) >= 11 is 0. The first-order valence-electron chi connectivity index (χ1n) is 7.42. The number of aliphatic hydroxyl groups is 1. The Kier molecular flexibility index (Phi) is 4.89. The summed E-state index contributed by atoms with van der Waals surface area (Å²) in [4.78, 5) is 16.5. The minimum atomic E-state index is -0.297. The van der Waals surface area contributed by atoms with E-state index in [0.29, 0.717) is 36.2 Å². The van der Waals surface area contributed by atoms with Crippen molar-refractivity contribution in [2.24, 2.45) is 0 Å². The van der Waals surface area contributed by atoms with Crippen LogP contribution in [-0.2, 0) is 17.9 Å². The second-order valence-corrected chi connectivity index (χ2v) is 5.17. The molecule has 2 aromatic rings. The van der Waals surface area contributed by atoms with Crippen LogP contribution < -0.4 is 10.1 Å². The van der Waals surface area contributed by atoms with Gasteiger partial charge in [-0.05, 0) is 24.3 Å². The Balaban J connectivity index is 1.64. The topological polar surface area (TPSA) is 93.8 Å². The van der Waals surface area contributed by atoms with Crippen molar-refractivity contribution in [1.82, 2.24) is 10.3 Å². The molecule has 0 aromatic carbocycles. The fourth-order valence-electron chi connectivity index (χ4n) is 2.29. The van der Waals surface area contributed by atoms with Gasteiger partial charge in [0.2, 0.25) is 5.88 Å². The molecule has 2 N–H and O–H groups in total. The van der Waals surface area contributed by atoms with E-state index in [2.05, 4.69) is 10.3 Å². The van der Waals surface area contributed by atoms with Crippen LogP contribution in [0.1, 0.15) is 28.3 Å². The molecule has 23 heavy (non-hydrogen) atoms. The van der Waals surface area contributed by atoms with E-state index in [-0.39, 0.29) is 25.2 Å². The maximum absolute atomic E-state index is 12.3. The Hall–Kier alpha value is -2.38. The number of carbonyl (C=O) groups excluding carboxylic acids is 1. The van der Waals surface area contributed by atoms with Gasteiger partial charge in [0.15, 0.2) is 0 Å². The Labute approximate surface area is 133 Å². The molecule has 0 aliphatic carbocycles. The molecular formula is C16H18N2O5. The molecule has 1 atom stereocenters. The van der Waals surface area contributed by atoms with Gasteiger partial charge in [-0.3, -0.25) is 4.79 Å². The fourth-order valence-corrected chi connectivity index (χ4v) is 2.29. The first kappa shape index (κ1) is 15.5. The lowest BCUT2D eigenvalue weighted by molar-refractivity contribution is 0.0934. The summed E-state index contributed by atoms with van der Waals surface area (Å²) < 4.78 is 16.3. The Morgan fingerprint density at radius 3 is 3.00 bits per heavy atom. The van der Waals surface area contributed by atoms with Crippen LogP contribution in [0.4, 0.5) is 0 Å². The predicted molar refractivity (Wildman–Crippen MR) is 79.9 cm³/mol. The van der Waals surface area contributed by atoms with E-state index in [1.165, 1.54) is 0 Å². The molecule has 0 saturated carbocycles. The van der Waals surface area contributed by atoms with Gasteiger partial charge in [0.1, 0.15) is 29.8 Å². The van der Waals surface area contributed by atoms with Crippen molar-refractivity contribution >= 4 is 5.91 Å². The molecule has 1 unspecified atom stereocenters. The normalized spacial score (nSPS) is 17.2. The minimum Gasteiger partial charge on any atom is -0.471 e.